The van der Waals surface area contributed by atoms with Gasteiger partial charge in [-0.15, -0.1) is 0 Å². The molecule has 3 rings (SSSR count). The predicted octanol–water partition coefficient (Wildman–Crippen LogP) is 3.96. The number of carbonyl (C=O) groups is 2. The molecule has 1 saturated heterocycles. The molecule has 0 bridgehead atoms. The van der Waals surface area contributed by atoms with Gasteiger partial charge in [0.2, 0.25) is 0 Å². The van der Waals surface area contributed by atoms with Crippen LogP contribution in [0.2, 0.25) is 0 Å². The van der Waals surface area contributed by atoms with E-state index in [1.54, 1.807) is 11.0 Å². The van der Waals surface area contributed by atoms with E-state index in [-0.39, 0.29) is 23.0 Å². The van der Waals surface area contributed by atoms with Gasteiger partial charge in [-0.05, 0) is 37.1 Å². The standard InChI is InChI=1S/C21H22F2N2O3/c1-19(2)12-21(10-15(11-24)17(19)26)8-9-25(13-21)18(27)14-4-6-16(7-5-14)28-20(3,22)23/h4-7,10H,8-9,12-13H2,1-3H3/t21-/m0/s1. The molecule has 1 amide bonds. The molecule has 0 radical (unpaired) electrons. The summed E-state index contributed by atoms with van der Waals surface area (Å²) in [5, 5.41) is 9.31. The molecule has 1 aromatic carbocycles. The molecule has 1 heterocycles. The van der Waals surface area contributed by atoms with Crippen molar-refractivity contribution in [2.24, 2.45) is 10.8 Å². The molecule has 1 aliphatic heterocycles. The molecule has 1 aliphatic carbocycles. The van der Waals surface area contributed by atoms with Crippen LogP contribution in [0.25, 0.3) is 0 Å². The van der Waals surface area contributed by atoms with E-state index in [2.05, 4.69) is 4.74 Å². The lowest BCUT2D eigenvalue weighted by Gasteiger charge is -2.38. The minimum absolute atomic E-state index is 0.0175. The molecule has 5 nitrogen and oxygen atoms in total. The van der Waals surface area contributed by atoms with Gasteiger partial charge in [0.25, 0.3) is 5.91 Å². The summed E-state index contributed by atoms with van der Waals surface area (Å²) in [5.41, 5.74) is -0.513. The van der Waals surface area contributed by atoms with Crippen molar-refractivity contribution in [3.8, 4) is 11.8 Å². The number of rotatable bonds is 3. The lowest BCUT2D eigenvalue weighted by atomic mass is 9.64. The highest BCUT2D eigenvalue weighted by Gasteiger charge is 2.48. The van der Waals surface area contributed by atoms with E-state index in [4.69, 9.17) is 0 Å². The number of ketones is 1. The van der Waals surface area contributed by atoms with Gasteiger partial charge in [0.15, 0.2) is 5.78 Å². The Bertz CT molecular complexity index is 878. The molecule has 0 N–H and O–H groups in total. The van der Waals surface area contributed by atoms with Crippen molar-refractivity contribution in [1.82, 2.24) is 4.90 Å². The third-order valence-corrected chi connectivity index (χ3v) is 5.30. The number of nitrogens with zero attached hydrogens (tertiary/aromatic N) is 2. The average Bonchev–Trinajstić information content (AvgIpc) is 3.00. The van der Waals surface area contributed by atoms with Crippen molar-refractivity contribution in [2.45, 2.75) is 39.7 Å². The Labute approximate surface area is 162 Å². The lowest BCUT2D eigenvalue weighted by Crippen LogP contribution is -2.40. The van der Waals surface area contributed by atoms with Gasteiger partial charge in [0.05, 0.1) is 5.57 Å². The first kappa shape index (κ1) is 20.0. The fourth-order valence-electron chi connectivity index (χ4n) is 4.22. The summed E-state index contributed by atoms with van der Waals surface area (Å²) in [6, 6.07) is 7.59. The van der Waals surface area contributed by atoms with Crippen LogP contribution in [0, 0.1) is 22.2 Å². The Morgan fingerprint density at radius 3 is 2.50 bits per heavy atom. The number of hydrogen-bond acceptors (Lipinski definition) is 4. The molecule has 0 unspecified atom stereocenters. The Kier molecular flexibility index (Phi) is 4.78. The van der Waals surface area contributed by atoms with Gasteiger partial charge in [-0.25, -0.2) is 0 Å². The second-order valence-electron chi connectivity index (χ2n) is 8.33. The molecule has 0 saturated carbocycles. The number of nitriles is 1. The fraction of sp³-hybridized carbons (Fsp3) is 0.476. The summed E-state index contributed by atoms with van der Waals surface area (Å²) < 4.78 is 30.3. The molecule has 148 valence electrons. The van der Waals surface area contributed by atoms with Gasteiger partial charge in [0, 0.05) is 36.4 Å². The number of Topliss-reactive ketones (excluding diaryl/α,β-unsaturated/α-hetero) is 1. The molecule has 7 heteroatoms. The summed E-state index contributed by atoms with van der Waals surface area (Å²) in [6.45, 7) is 5.22. The number of alkyl halides is 2. The summed E-state index contributed by atoms with van der Waals surface area (Å²) in [7, 11) is 0. The quantitative estimate of drug-likeness (QED) is 0.786. The Morgan fingerprint density at radius 2 is 1.93 bits per heavy atom. The zero-order chi connectivity index (χ0) is 20.7. The number of amides is 1. The van der Waals surface area contributed by atoms with Crippen LogP contribution < -0.4 is 4.74 Å². The minimum atomic E-state index is -3.29. The second-order valence-corrected chi connectivity index (χ2v) is 8.33. The molecule has 1 spiro atoms. The molecular weight excluding hydrogens is 366 g/mol. The molecule has 1 atom stereocenters. The van der Waals surface area contributed by atoms with Gasteiger partial charge in [-0.1, -0.05) is 19.9 Å². The minimum Gasteiger partial charge on any atom is -0.433 e. The first-order chi connectivity index (χ1) is 12.9. The summed E-state index contributed by atoms with van der Waals surface area (Å²) in [4.78, 5) is 26.9. The van der Waals surface area contributed by atoms with Gasteiger partial charge in [0.1, 0.15) is 11.8 Å². The highest BCUT2D eigenvalue weighted by Crippen LogP contribution is 2.48. The van der Waals surface area contributed by atoms with Gasteiger partial charge in [-0.3, -0.25) is 9.59 Å². The van der Waals surface area contributed by atoms with Crippen LogP contribution in [0.5, 0.6) is 5.75 Å². The average molecular weight is 388 g/mol. The molecule has 0 aromatic heterocycles. The maximum absolute atomic E-state index is 12.9. The van der Waals surface area contributed by atoms with Crippen LogP contribution >= 0.6 is 0 Å². The van der Waals surface area contributed by atoms with Gasteiger partial charge >= 0.3 is 6.11 Å². The van der Waals surface area contributed by atoms with E-state index in [0.29, 0.717) is 38.4 Å². The van der Waals surface area contributed by atoms with Crippen LogP contribution in [0.1, 0.15) is 44.0 Å². The highest BCUT2D eigenvalue weighted by atomic mass is 19.3. The van der Waals surface area contributed by atoms with E-state index in [1.165, 1.54) is 24.3 Å². The van der Waals surface area contributed by atoms with Crippen molar-refractivity contribution >= 4 is 11.7 Å². The summed E-state index contributed by atoms with van der Waals surface area (Å²) >= 11 is 0. The second kappa shape index (κ2) is 6.69. The monoisotopic (exact) mass is 388 g/mol. The molecule has 1 fully saturated rings. The smallest absolute Gasteiger partial charge is 0.394 e. The van der Waals surface area contributed by atoms with Crippen molar-refractivity contribution in [1.29, 1.82) is 5.26 Å². The lowest BCUT2D eigenvalue weighted by molar-refractivity contribution is -0.158. The maximum atomic E-state index is 12.9. The van der Waals surface area contributed by atoms with Crippen LogP contribution in [-0.2, 0) is 4.79 Å². The zero-order valence-electron chi connectivity index (χ0n) is 16.1. The van der Waals surface area contributed by atoms with Crippen LogP contribution in [0.15, 0.2) is 35.9 Å². The third kappa shape index (κ3) is 3.91. The van der Waals surface area contributed by atoms with E-state index in [0.717, 1.165) is 0 Å². The molecule has 28 heavy (non-hydrogen) atoms. The Balaban J connectivity index is 1.77. The normalized spacial score (nSPS) is 24.1. The predicted molar refractivity (Wildman–Crippen MR) is 97.7 cm³/mol. The SMILES string of the molecule is CC(F)(F)Oc1ccc(C(=O)N2CC[C@@]3(C=C(C#N)C(=O)C(C)(C)C3)C2)cc1. The Hall–Kier alpha value is -2.75. The van der Waals surface area contributed by atoms with E-state index in [1.807, 2.05) is 19.9 Å². The molecule has 1 aromatic rings. The number of likely N-dealkylation sites (tertiary alicyclic amines) is 1. The number of halogens is 2. The number of carbonyl (C=O) groups excluding carboxylic acids is 2. The molecule has 2 aliphatic rings. The Morgan fingerprint density at radius 1 is 1.29 bits per heavy atom. The number of hydrogen-bond donors (Lipinski definition) is 0. The van der Waals surface area contributed by atoms with E-state index in [9.17, 15) is 23.6 Å². The number of allylic oxidation sites excluding steroid dienone is 1. The maximum Gasteiger partial charge on any atom is 0.394 e. The van der Waals surface area contributed by atoms with Gasteiger partial charge in [-0.2, -0.15) is 14.0 Å². The largest absolute Gasteiger partial charge is 0.433 e. The highest BCUT2D eigenvalue weighted by molar-refractivity contribution is 6.03. The fourth-order valence-corrected chi connectivity index (χ4v) is 4.22. The molecular formula is C21H22F2N2O3. The number of ether oxygens (including phenoxy) is 1. The van der Waals surface area contributed by atoms with Crippen LogP contribution in [0.3, 0.4) is 0 Å². The van der Waals surface area contributed by atoms with Crippen LogP contribution in [-0.4, -0.2) is 35.8 Å². The third-order valence-electron chi connectivity index (χ3n) is 5.30. The van der Waals surface area contributed by atoms with Crippen LogP contribution in [0.4, 0.5) is 8.78 Å². The first-order valence-electron chi connectivity index (χ1n) is 9.09. The van der Waals surface area contributed by atoms with Crippen molar-refractivity contribution in [2.75, 3.05) is 13.1 Å². The van der Waals surface area contributed by atoms with Crippen molar-refractivity contribution in [3.05, 3.63) is 41.5 Å². The number of benzene rings is 1. The summed E-state index contributed by atoms with van der Waals surface area (Å²) in [5.74, 6) is -0.391. The van der Waals surface area contributed by atoms with Crippen molar-refractivity contribution in [3.63, 3.8) is 0 Å². The summed E-state index contributed by atoms with van der Waals surface area (Å²) in [6.07, 6.45) is -0.312. The first-order valence-corrected chi connectivity index (χ1v) is 9.09. The van der Waals surface area contributed by atoms with Crippen molar-refractivity contribution < 1.29 is 23.1 Å². The topological polar surface area (TPSA) is 70.4 Å². The van der Waals surface area contributed by atoms with E-state index >= 15 is 0 Å². The van der Waals surface area contributed by atoms with E-state index < -0.39 is 16.9 Å². The zero-order valence-corrected chi connectivity index (χ0v) is 16.1. The van der Waals surface area contributed by atoms with Gasteiger partial charge < -0.3 is 9.64 Å².